The van der Waals surface area contributed by atoms with Gasteiger partial charge in [0, 0.05) is 17.2 Å². The summed E-state index contributed by atoms with van der Waals surface area (Å²) in [7, 11) is 0. The third kappa shape index (κ3) is 4.43. The summed E-state index contributed by atoms with van der Waals surface area (Å²) in [5.74, 6) is -1.29. The van der Waals surface area contributed by atoms with Crippen molar-refractivity contribution in [3.63, 3.8) is 0 Å². The van der Waals surface area contributed by atoms with Crippen molar-refractivity contribution in [3.05, 3.63) is 64.7 Å². The van der Waals surface area contributed by atoms with E-state index in [9.17, 15) is 25.2 Å². The van der Waals surface area contributed by atoms with Gasteiger partial charge in [0.15, 0.2) is 5.78 Å². The van der Waals surface area contributed by atoms with E-state index in [0.717, 1.165) is 6.07 Å². The van der Waals surface area contributed by atoms with Gasteiger partial charge in [-0.25, -0.2) is 0 Å². The third-order valence-corrected chi connectivity index (χ3v) is 3.86. The average Bonchev–Trinajstić information content (AvgIpc) is 2.60. The molecule has 5 N–H and O–H groups in total. The molecule has 2 aromatic rings. The van der Waals surface area contributed by atoms with E-state index in [2.05, 4.69) is 0 Å². The molecule has 0 saturated heterocycles. The van der Waals surface area contributed by atoms with Crippen LogP contribution in [0.15, 0.2) is 48.1 Å². The predicted octanol–water partition coefficient (Wildman–Crippen LogP) is 2.89. The lowest BCUT2D eigenvalue weighted by Gasteiger charge is -2.09. The average molecular weight is 356 g/mol. The van der Waals surface area contributed by atoms with Gasteiger partial charge in [0.1, 0.15) is 23.0 Å². The highest BCUT2D eigenvalue weighted by Crippen LogP contribution is 2.32. The van der Waals surface area contributed by atoms with Gasteiger partial charge in [-0.05, 0) is 49.8 Å². The van der Waals surface area contributed by atoms with Crippen molar-refractivity contribution in [2.24, 2.45) is 0 Å². The Morgan fingerprint density at radius 1 is 1.04 bits per heavy atom. The molecule has 0 heterocycles. The van der Waals surface area contributed by atoms with E-state index in [4.69, 9.17) is 5.11 Å². The van der Waals surface area contributed by atoms with Gasteiger partial charge < -0.3 is 25.5 Å². The molecule has 6 nitrogen and oxygen atoms in total. The van der Waals surface area contributed by atoms with E-state index in [-0.39, 0.29) is 47.2 Å². The van der Waals surface area contributed by atoms with Crippen LogP contribution in [0.2, 0.25) is 0 Å². The molecule has 136 valence electrons. The largest absolute Gasteiger partial charge is 0.508 e. The van der Waals surface area contributed by atoms with Gasteiger partial charge in [-0.3, -0.25) is 4.79 Å². The first-order valence-electron chi connectivity index (χ1n) is 7.88. The molecule has 6 heteroatoms. The lowest BCUT2D eigenvalue weighted by Crippen LogP contribution is -1.98. The zero-order chi connectivity index (χ0) is 19.3. The predicted molar refractivity (Wildman–Crippen MR) is 97.5 cm³/mol. The van der Waals surface area contributed by atoms with Crippen molar-refractivity contribution in [3.8, 4) is 23.0 Å². The lowest BCUT2D eigenvalue weighted by molar-refractivity contribution is 0.104. The number of aliphatic hydroxyl groups excluding tert-OH is 1. The van der Waals surface area contributed by atoms with E-state index in [1.807, 2.05) is 0 Å². The lowest BCUT2D eigenvalue weighted by atomic mass is 10.0. The topological polar surface area (TPSA) is 118 Å². The summed E-state index contributed by atoms with van der Waals surface area (Å²) in [5.41, 5.74) is 1.19. The van der Waals surface area contributed by atoms with Crippen molar-refractivity contribution in [2.45, 2.75) is 13.3 Å². The first-order valence-corrected chi connectivity index (χ1v) is 7.88. The molecule has 0 aliphatic carbocycles. The van der Waals surface area contributed by atoms with Crippen molar-refractivity contribution >= 4 is 11.9 Å². The highest BCUT2D eigenvalue weighted by molar-refractivity contribution is 6.09. The van der Waals surface area contributed by atoms with Crippen LogP contribution in [0.25, 0.3) is 6.08 Å². The standard InChI is InChI=1S/C20H20O6/c1-12(11-21)2-6-15-18(24)9-7-16(20(15)26)17(23)8-4-13-3-5-14(22)10-19(13)25/h2-5,7-10,21-22,24-26H,6,11H2,1H3/b8-4?,12-2+. The molecule has 0 aromatic heterocycles. The van der Waals surface area contributed by atoms with Crippen molar-refractivity contribution in [1.29, 1.82) is 0 Å². The number of allylic oxidation sites excluding steroid dienone is 2. The highest BCUT2D eigenvalue weighted by Gasteiger charge is 2.15. The van der Waals surface area contributed by atoms with Crippen LogP contribution in [-0.2, 0) is 6.42 Å². The number of carbonyl (C=O) groups excluding carboxylic acids is 1. The minimum atomic E-state index is -0.515. The monoisotopic (exact) mass is 356 g/mol. The summed E-state index contributed by atoms with van der Waals surface area (Å²) in [6.45, 7) is 1.56. The molecule has 0 bridgehead atoms. The Labute approximate surface area is 150 Å². The second-order valence-electron chi connectivity index (χ2n) is 5.81. The van der Waals surface area contributed by atoms with E-state index < -0.39 is 5.78 Å². The molecule has 0 aliphatic heterocycles. The maximum atomic E-state index is 12.4. The quantitative estimate of drug-likeness (QED) is 0.309. The maximum Gasteiger partial charge on any atom is 0.189 e. The number of benzene rings is 2. The van der Waals surface area contributed by atoms with Crippen LogP contribution in [0.3, 0.4) is 0 Å². The van der Waals surface area contributed by atoms with Crippen LogP contribution in [0.5, 0.6) is 23.0 Å². The van der Waals surface area contributed by atoms with E-state index in [1.54, 1.807) is 13.0 Å². The molecule has 26 heavy (non-hydrogen) atoms. The van der Waals surface area contributed by atoms with Crippen molar-refractivity contribution < 1.29 is 30.3 Å². The molecule has 0 atom stereocenters. The van der Waals surface area contributed by atoms with Gasteiger partial charge >= 0.3 is 0 Å². The van der Waals surface area contributed by atoms with Crippen LogP contribution < -0.4 is 0 Å². The Bertz CT molecular complexity index is 880. The summed E-state index contributed by atoms with van der Waals surface area (Å²) in [4.78, 5) is 12.4. The second-order valence-corrected chi connectivity index (χ2v) is 5.81. The number of ketones is 1. The number of hydrogen-bond acceptors (Lipinski definition) is 6. The van der Waals surface area contributed by atoms with Gasteiger partial charge in [0.25, 0.3) is 0 Å². The first-order chi connectivity index (χ1) is 12.3. The normalized spacial score (nSPS) is 11.8. The number of rotatable bonds is 6. The van der Waals surface area contributed by atoms with Crippen LogP contribution >= 0.6 is 0 Å². The smallest absolute Gasteiger partial charge is 0.189 e. The van der Waals surface area contributed by atoms with Crippen molar-refractivity contribution in [2.75, 3.05) is 6.61 Å². The Hall–Kier alpha value is -3.25. The van der Waals surface area contributed by atoms with Crippen LogP contribution in [0, 0.1) is 0 Å². The van der Waals surface area contributed by atoms with Crippen molar-refractivity contribution in [1.82, 2.24) is 0 Å². The molecule has 2 aromatic carbocycles. The molecule has 0 amide bonds. The van der Waals surface area contributed by atoms with Gasteiger partial charge in [0.2, 0.25) is 0 Å². The Balaban J connectivity index is 2.30. The number of phenols is 4. The maximum absolute atomic E-state index is 12.4. The van der Waals surface area contributed by atoms with E-state index in [1.165, 1.54) is 36.4 Å². The van der Waals surface area contributed by atoms with Gasteiger partial charge in [0.05, 0.1) is 12.2 Å². The molecule has 0 unspecified atom stereocenters. The van der Waals surface area contributed by atoms with E-state index >= 15 is 0 Å². The van der Waals surface area contributed by atoms with Crippen LogP contribution in [0.1, 0.15) is 28.4 Å². The molecule has 2 rings (SSSR count). The van der Waals surface area contributed by atoms with Crippen LogP contribution in [0.4, 0.5) is 0 Å². The first kappa shape index (κ1) is 19.1. The molecule has 0 spiro atoms. The molecule has 0 radical (unpaired) electrons. The fourth-order valence-corrected chi connectivity index (χ4v) is 2.29. The van der Waals surface area contributed by atoms with E-state index in [0.29, 0.717) is 11.1 Å². The summed E-state index contributed by atoms with van der Waals surface area (Å²) in [6, 6.07) is 6.58. The second kappa shape index (κ2) is 8.22. The Morgan fingerprint density at radius 3 is 2.42 bits per heavy atom. The number of phenolic OH excluding ortho intramolecular Hbond substituents is 4. The molecule has 0 fully saturated rings. The van der Waals surface area contributed by atoms with Gasteiger partial charge in [-0.1, -0.05) is 11.6 Å². The zero-order valence-electron chi connectivity index (χ0n) is 14.2. The summed E-state index contributed by atoms with van der Waals surface area (Å²) in [6.07, 6.45) is 4.34. The van der Waals surface area contributed by atoms with Gasteiger partial charge in [-0.2, -0.15) is 0 Å². The minimum Gasteiger partial charge on any atom is -0.508 e. The minimum absolute atomic E-state index is 0.00219. The highest BCUT2D eigenvalue weighted by atomic mass is 16.3. The Kier molecular flexibility index (Phi) is 6.03. The Morgan fingerprint density at radius 2 is 1.77 bits per heavy atom. The number of aliphatic hydroxyl groups is 1. The zero-order valence-corrected chi connectivity index (χ0v) is 14.2. The molecule has 0 saturated carbocycles. The van der Waals surface area contributed by atoms with Gasteiger partial charge in [-0.15, -0.1) is 0 Å². The molecular weight excluding hydrogens is 336 g/mol. The number of hydrogen-bond donors (Lipinski definition) is 5. The fraction of sp³-hybridized carbons (Fsp3) is 0.150. The third-order valence-electron chi connectivity index (χ3n) is 3.86. The fourth-order valence-electron chi connectivity index (χ4n) is 2.29. The molecule has 0 aliphatic rings. The summed E-state index contributed by atoms with van der Waals surface area (Å²) >= 11 is 0. The summed E-state index contributed by atoms with van der Waals surface area (Å²) in [5, 5.41) is 48.2. The molecular formula is C20H20O6. The number of aromatic hydroxyl groups is 4. The summed E-state index contributed by atoms with van der Waals surface area (Å²) < 4.78 is 0. The number of carbonyl (C=O) groups is 1. The SMILES string of the molecule is C/C(=C\Cc1c(O)ccc(C(=O)C=Cc2ccc(O)cc2O)c1O)CO. The van der Waals surface area contributed by atoms with Crippen LogP contribution in [-0.4, -0.2) is 37.9 Å².